The molecular weight excluding hydrogens is 308 g/mol. The van der Waals surface area contributed by atoms with Gasteiger partial charge in [-0.05, 0) is 18.2 Å². The quantitative estimate of drug-likeness (QED) is 0.820. The van der Waals surface area contributed by atoms with Crippen molar-refractivity contribution in [2.24, 2.45) is 0 Å². The van der Waals surface area contributed by atoms with Gasteiger partial charge in [0, 0.05) is 11.3 Å². The standard InChI is InChI=1S/C18H14N2O4/c19-9-10-24-16-8-4-1-5-12(16)15(21)11-18(23)13-6-2-3-7-14(13)20-17(18)22/h1-8,23H,10-11H2,(H,20,22). The molecule has 1 aliphatic heterocycles. The van der Waals surface area contributed by atoms with Gasteiger partial charge in [0.05, 0.1) is 12.0 Å². The molecule has 2 N–H and O–H groups in total. The number of ether oxygens (including phenoxy) is 1. The average molecular weight is 322 g/mol. The molecule has 3 rings (SSSR count). The fraction of sp³-hybridized carbons (Fsp3) is 0.167. The number of aliphatic hydroxyl groups is 1. The Bertz CT molecular complexity index is 856. The molecule has 2 aromatic carbocycles. The number of nitrogens with one attached hydrogen (secondary N) is 1. The number of hydrogen-bond acceptors (Lipinski definition) is 5. The molecule has 1 atom stereocenters. The second kappa shape index (κ2) is 6.14. The van der Waals surface area contributed by atoms with Crippen molar-refractivity contribution in [1.82, 2.24) is 0 Å². The first kappa shape index (κ1) is 15.7. The summed E-state index contributed by atoms with van der Waals surface area (Å²) in [6, 6.07) is 15.0. The van der Waals surface area contributed by atoms with E-state index in [9.17, 15) is 14.7 Å². The molecule has 0 aromatic heterocycles. The van der Waals surface area contributed by atoms with Crippen molar-refractivity contribution in [3.8, 4) is 11.8 Å². The van der Waals surface area contributed by atoms with E-state index < -0.39 is 23.7 Å². The molecule has 6 nitrogen and oxygen atoms in total. The van der Waals surface area contributed by atoms with Gasteiger partial charge in [-0.1, -0.05) is 30.3 Å². The molecule has 0 spiro atoms. The van der Waals surface area contributed by atoms with Gasteiger partial charge in [-0.2, -0.15) is 5.26 Å². The fourth-order valence-corrected chi connectivity index (χ4v) is 2.74. The molecule has 0 radical (unpaired) electrons. The predicted molar refractivity (Wildman–Crippen MR) is 85.5 cm³/mol. The van der Waals surface area contributed by atoms with Crippen molar-refractivity contribution in [3.63, 3.8) is 0 Å². The van der Waals surface area contributed by atoms with Crippen LogP contribution in [0.5, 0.6) is 5.75 Å². The van der Waals surface area contributed by atoms with Gasteiger partial charge in [-0.25, -0.2) is 0 Å². The molecule has 120 valence electrons. The Morgan fingerprint density at radius 2 is 1.92 bits per heavy atom. The van der Waals surface area contributed by atoms with Crippen LogP contribution in [0.3, 0.4) is 0 Å². The summed E-state index contributed by atoms with van der Waals surface area (Å²) in [5.41, 5.74) is -0.834. The molecule has 1 amide bonds. The van der Waals surface area contributed by atoms with Crippen molar-refractivity contribution in [3.05, 3.63) is 59.7 Å². The first-order valence-electron chi connectivity index (χ1n) is 7.31. The van der Waals surface area contributed by atoms with Crippen molar-refractivity contribution >= 4 is 17.4 Å². The van der Waals surface area contributed by atoms with E-state index in [1.807, 2.05) is 6.07 Å². The third-order valence-corrected chi connectivity index (χ3v) is 3.89. The van der Waals surface area contributed by atoms with E-state index in [1.165, 1.54) is 6.07 Å². The first-order valence-corrected chi connectivity index (χ1v) is 7.31. The molecule has 0 saturated heterocycles. The van der Waals surface area contributed by atoms with E-state index in [-0.39, 0.29) is 17.9 Å². The number of Topliss-reactive ketones (excluding diaryl/α,β-unsaturated/α-hetero) is 1. The summed E-state index contributed by atoms with van der Waals surface area (Å²) in [4.78, 5) is 24.8. The number of carbonyl (C=O) groups is 2. The van der Waals surface area contributed by atoms with Gasteiger partial charge in [0.25, 0.3) is 5.91 Å². The number of amides is 1. The van der Waals surface area contributed by atoms with Gasteiger partial charge in [-0.15, -0.1) is 0 Å². The molecule has 1 unspecified atom stereocenters. The maximum absolute atomic E-state index is 12.6. The topological polar surface area (TPSA) is 99.4 Å². The average Bonchev–Trinajstić information content (AvgIpc) is 2.84. The molecule has 24 heavy (non-hydrogen) atoms. The van der Waals surface area contributed by atoms with Crippen molar-refractivity contribution < 1.29 is 19.4 Å². The number of carbonyl (C=O) groups excluding carboxylic acids is 2. The lowest BCUT2D eigenvalue weighted by molar-refractivity contribution is -0.133. The van der Waals surface area contributed by atoms with E-state index in [4.69, 9.17) is 10.00 Å². The minimum absolute atomic E-state index is 0.197. The maximum Gasteiger partial charge on any atom is 0.261 e. The fourth-order valence-electron chi connectivity index (χ4n) is 2.74. The third-order valence-electron chi connectivity index (χ3n) is 3.89. The second-order valence-corrected chi connectivity index (χ2v) is 5.40. The second-order valence-electron chi connectivity index (χ2n) is 5.40. The molecule has 0 fully saturated rings. The van der Waals surface area contributed by atoms with Crippen molar-refractivity contribution in [2.45, 2.75) is 12.0 Å². The van der Waals surface area contributed by atoms with E-state index >= 15 is 0 Å². The zero-order valence-electron chi connectivity index (χ0n) is 12.7. The lowest BCUT2D eigenvalue weighted by Crippen LogP contribution is -2.36. The first-order chi connectivity index (χ1) is 11.6. The summed E-state index contributed by atoms with van der Waals surface area (Å²) in [5.74, 6) is -0.829. The van der Waals surface area contributed by atoms with Gasteiger partial charge >= 0.3 is 0 Å². The molecule has 2 aromatic rings. The van der Waals surface area contributed by atoms with Crippen LogP contribution in [0.2, 0.25) is 0 Å². The number of para-hydroxylation sites is 2. The van der Waals surface area contributed by atoms with Gasteiger partial charge in [0.15, 0.2) is 18.0 Å². The van der Waals surface area contributed by atoms with Crippen LogP contribution in [0.15, 0.2) is 48.5 Å². The lowest BCUT2D eigenvalue weighted by Gasteiger charge is -2.20. The van der Waals surface area contributed by atoms with Crippen LogP contribution in [-0.2, 0) is 10.4 Å². The summed E-state index contributed by atoms with van der Waals surface area (Å²) in [7, 11) is 0. The number of fused-ring (bicyclic) bond motifs is 1. The zero-order valence-corrected chi connectivity index (χ0v) is 12.7. The van der Waals surface area contributed by atoms with Gasteiger partial charge in [0.2, 0.25) is 0 Å². The lowest BCUT2D eigenvalue weighted by atomic mass is 9.88. The Balaban J connectivity index is 1.91. The summed E-state index contributed by atoms with van der Waals surface area (Å²) in [5, 5.41) is 22.0. The van der Waals surface area contributed by atoms with E-state index in [1.54, 1.807) is 42.5 Å². The van der Waals surface area contributed by atoms with Crippen LogP contribution in [0.1, 0.15) is 22.3 Å². The maximum atomic E-state index is 12.6. The smallest absolute Gasteiger partial charge is 0.261 e. The SMILES string of the molecule is N#CCOc1ccccc1C(=O)CC1(O)C(=O)Nc2ccccc21. The Hall–Kier alpha value is -3.17. The number of anilines is 1. The highest BCUT2D eigenvalue weighted by Crippen LogP contribution is 2.39. The number of hydrogen-bond donors (Lipinski definition) is 2. The number of nitrogens with zero attached hydrogens (tertiary/aromatic N) is 1. The van der Waals surface area contributed by atoms with Gasteiger partial charge in [0.1, 0.15) is 11.8 Å². The molecular formula is C18H14N2O4. The van der Waals surface area contributed by atoms with Gasteiger partial charge < -0.3 is 15.2 Å². The minimum Gasteiger partial charge on any atom is -0.478 e. The van der Waals surface area contributed by atoms with Crippen molar-refractivity contribution in [1.29, 1.82) is 5.26 Å². The number of benzene rings is 2. The molecule has 0 saturated carbocycles. The van der Waals surface area contributed by atoms with Crippen LogP contribution in [-0.4, -0.2) is 23.4 Å². The number of rotatable bonds is 5. The molecule has 0 bridgehead atoms. The minimum atomic E-state index is -1.92. The van der Waals surface area contributed by atoms with Crippen LogP contribution in [0.4, 0.5) is 5.69 Å². The van der Waals surface area contributed by atoms with Crippen molar-refractivity contribution in [2.75, 3.05) is 11.9 Å². The number of nitriles is 1. The highest BCUT2D eigenvalue weighted by molar-refractivity contribution is 6.09. The zero-order chi connectivity index (χ0) is 17.2. The van der Waals surface area contributed by atoms with E-state index in [0.717, 1.165) is 0 Å². The molecule has 1 aliphatic rings. The molecule has 1 heterocycles. The summed E-state index contributed by atoms with van der Waals surface area (Å²) in [6.07, 6.45) is -0.414. The van der Waals surface area contributed by atoms with Crippen LogP contribution < -0.4 is 10.1 Å². The predicted octanol–water partition coefficient (Wildman–Crippen LogP) is 2.00. The van der Waals surface area contributed by atoms with E-state index in [2.05, 4.69) is 5.32 Å². The Kier molecular flexibility index (Phi) is 4.02. The summed E-state index contributed by atoms with van der Waals surface area (Å²) < 4.78 is 5.24. The highest BCUT2D eigenvalue weighted by Gasteiger charge is 2.46. The Morgan fingerprint density at radius 1 is 1.21 bits per heavy atom. The Morgan fingerprint density at radius 3 is 2.71 bits per heavy atom. The summed E-state index contributed by atoms with van der Waals surface area (Å²) in [6.45, 7) is -0.197. The summed E-state index contributed by atoms with van der Waals surface area (Å²) >= 11 is 0. The van der Waals surface area contributed by atoms with Gasteiger partial charge in [-0.3, -0.25) is 9.59 Å². The molecule has 0 aliphatic carbocycles. The largest absolute Gasteiger partial charge is 0.478 e. The highest BCUT2D eigenvalue weighted by atomic mass is 16.5. The Labute approximate surface area is 138 Å². The van der Waals surface area contributed by atoms with Crippen LogP contribution >= 0.6 is 0 Å². The molecule has 6 heteroatoms. The third kappa shape index (κ3) is 2.62. The monoisotopic (exact) mass is 322 g/mol. The van der Waals surface area contributed by atoms with Crippen LogP contribution in [0, 0.1) is 11.3 Å². The van der Waals surface area contributed by atoms with Crippen LogP contribution in [0.25, 0.3) is 0 Å². The number of ketones is 1. The normalized spacial score (nSPS) is 18.4. The van der Waals surface area contributed by atoms with E-state index in [0.29, 0.717) is 11.3 Å².